The third-order valence-corrected chi connectivity index (χ3v) is 4.69. The summed E-state index contributed by atoms with van der Waals surface area (Å²) in [5.41, 5.74) is 7.50. The van der Waals surface area contributed by atoms with Crippen LogP contribution in [0.3, 0.4) is 0 Å². The average Bonchev–Trinajstić information content (AvgIpc) is 2.96. The highest BCUT2D eigenvalue weighted by molar-refractivity contribution is 6.15. The third-order valence-electron chi connectivity index (χ3n) is 4.69. The molecule has 0 unspecified atom stereocenters. The first-order valence-electron chi connectivity index (χ1n) is 7.84. The summed E-state index contributed by atoms with van der Waals surface area (Å²) in [7, 11) is 0. The number of benzene rings is 3. The first kappa shape index (κ1) is 12.1. The molecule has 0 saturated heterocycles. The Morgan fingerprint density at radius 2 is 1.29 bits per heavy atom. The Labute approximate surface area is 136 Å². The Morgan fingerprint density at radius 3 is 2.12 bits per heavy atom. The Bertz CT molecular complexity index is 1300. The zero-order valence-corrected chi connectivity index (χ0v) is 12.6. The summed E-state index contributed by atoms with van der Waals surface area (Å²) in [5.74, 6) is 0. The lowest BCUT2D eigenvalue weighted by Crippen LogP contribution is -1.93. The van der Waals surface area contributed by atoms with Gasteiger partial charge in [0.1, 0.15) is 11.0 Å². The van der Waals surface area contributed by atoms with Gasteiger partial charge in [-0.2, -0.15) is 0 Å². The molecule has 2 aromatic heterocycles. The van der Waals surface area contributed by atoms with Crippen LogP contribution in [0.1, 0.15) is 0 Å². The lowest BCUT2D eigenvalue weighted by molar-refractivity contribution is 1.27. The van der Waals surface area contributed by atoms with Crippen molar-refractivity contribution in [1.29, 1.82) is 0 Å². The Kier molecular flexibility index (Phi) is 2.07. The van der Waals surface area contributed by atoms with E-state index in [-0.39, 0.29) is 0 Å². The minimum Gasteiger partial charge on any atom is -0.253 e. The third kappa shape index (κ3) is 1.38. The molecule has 2 heterocycles. The van der Waals surface area contributed by atoms with Crippen LogP contribution in [0.2, 0.25) is 0 Å². The highest BCUT2D eigenvalue weighted by atomic mass is 14.9. The number of nitrogens with zero attached hydrogens (tertiary/aromatic N) is 4. The molecule has 0 radical (unpaired) electrons. The van der Waals surface area contributed by atoms with Crippen molar-refractivity contribution in [3.8, 4) is 22.5 Å². The van der Waals surface area contributed by atoms with Gasteiger partial charge < -0.3 is 0 Å². The first-order chi connectivity index (χ1) is 11.9. The Hall–Kier alpha value is -3.40. The molecule has 5 aromatic rings. The molecule has 24 heavy (non-hydrogen) atoms. The van der Waals surface area contributed by atoms with E-state index >= 15 is 0 Å². The molecular weight excluding hydrogens is 296 g/mol. The van der Waals surface area contributed by atoms with Crippen LogP contribution in [-0.2, 0) is 0 Å². The number of hydrogen-bond donors (Lipinski definition) is 0. The molecule has 0 saturated carbocycles. The molecule has 0 fully saturated rings. The molecule has 110 valence electrons. The van der Waals surface area contributed by atoms with E-state index < -0.39 is 0 Å². The van der Waals surface area contributed by atoms with Crippen molar-refractivity contribution >= 4 is 32.8 Å². The van der Waals surface area contributed by atoms with E-state index in [4.69, 9.17) is 9.97 Å². The fourth-order valence-electron chi connectivity index (χ4n) is 3.66. The molecule has 0 spiro atoms. The smallest absolute Gasteiger partial charge is 0.117 e. The average molecular weight is 306 g/mol. The fraction of sp³-hybridized carbons (Fsp3) is 0. The predicted molar refractivity (Wildman–Crippen MR) is 94.6 cm³/mol. The molecule has 3 aromatic carbocycles. The van der Waals surface area contributed by atoms with E-state index in [2.05, 4.69) is 46.4 Å². The molecule has 0 amide bonds. The van der Waals surface area contributed by atoms with Gasteiger partial charge in [-0.05, 0) is 17.5 Å². The molecule has 0 N–H and O–H groups in total. The molecule has 0 atom stereocenters. The van der Waals surface area contributed by atoms with Crippen LogP contribution in [0, 0.1) is 0 Å². The largest absolute Gasteiger partial charge is 0.253 e. The lowest BCUT2D eigenvalue weighted by atomic mass is 10.0. The van der Waals surface area contributed by atoms with E-state index in [9.17, 15) is 0 Å². The molecule has 4 heteroatoms. The van der Waals surface area contributed by atoms with E-state index in [0.717, 1.165) is 44.6 Å². The van der Waals surface area contributed by atoms with Crippen molar-refractivity contribution < 1.29 is 0 Å². The second-order valence-corrected chi connectivity index (χ2v) is 5.99. The quantitative estimate of drug-likeness (QED) is 0.391. The van der Waals surface area contributed by atoms with Gasteiger partial charge in [-0.3, -0.25) is 9.97 Å². The van der Waals surface area contributed by atoms with E-state index in [1.807, 2.05) is 12.1 Å². The van der Waals surface area contributed by atoms with Gasteiger partial charge in [0.25, 0.3) is 0 Å². The maximum Gasteiger partial charge on any atom is 0.117 e. The predicted octanol–water partition coefficient (Wildman–Crippen LogP) is 4.37. The molecule has 1 aliphatic rings. The highest BCUT2D eigenvalue weighted by Crippen LogP contribution is 2.45. The molecular formula is C20H10N4. The zero-order chi connectivity index (χ0) is 15.7. The summed E-state index contributed by atoms with van der Waals surface area (Å²) in [4.78, 5) is 18.7. The van der Waals surface area contributed by atoms with Crippen LogP contribution in [0.15, 0.2) is 60.9 Å². The van der Waals surface area contributed by atoms with Crippen molar-refractivity contribution in [3.05, 3.63) is 60.9 Å². The maximum atomic E-state index is 4.96. The van der Waals surface area contributed by atoms with Gasteiger partial charge in [0.15, 0.2) is 0 Å². The summed E-state index contributed by atoms with van der Waals surface area (Å²) in [6.45, 7) is 0. The standard InChI is InChI=1S/C20H10N4/c1-3-11-4-2-6-13-16(11)12(5-1)17-18(13)24-20-15(23-17)8-7-14-19(20)22-10-9-21-14/h1-10H. The first-order valence-corrected chi connectivity index (χ1v) is 7.84. The summed E-state index contributed by atoms with van der Waals surface area (Å²) >= 11 is 0. The van der Waals surface area contributed by atoms with E-state index in [1.54, 1.807) is 12.4 Å². The maximum absolute atomic E-state index is 4.96. The van der Waals surface area contributed by atoms with Crippen LogP contribution in [0.4, 0.5) is 0 Å². The van der Waals surface area contributed by atoms with Gasteiger partial charge >= 0.3 is 0 Å². The van der Waals surface area contributed by atoms with Crippen LogP contribution in [0.25, 0.3) is 55.4 Å². The minimum atomic E-state index is 0.799. The van der Waals surface area contributed by atoms with Gasteiger partial charge in [0.2, 0.25) is 0 Å². The normalized spacial score (nSPS) is 12.2. The van der Waals surface area contributed by atoms with Gasteiger partial charge in [-0.15, -0.1) is 0 Å². The molecule has 4 nitrogen and oxygen atoms in total. The summed E-state index contributed by atoms with van der Waals surface area (Å²) in [6, 6.07) is 16.6. The van der Waals surface area contributed by atoms with Crippen molar-refractivity contribution in [2.75, 3.05) is 0 Å². The van der Waals surface area contributed by atoms with Crippen LogP contribution in [0.5, 0.6) is 0 Å². The lowest BCUT2D eigenvalue weighted by Gasteiger charge is -2.05. The molecule has 1 aliphatic carbocycles. The van der Waals surface area contributed by atoms with Gasteiger partial charge in [0.05, 0.1) is 22.4 Å². The highest BCUT2D eigenvalue weighted by Gasteiger charge is 2.24. The Morgan fingerprint density at radius 1 is 0.583 bits per heavy atom. The second-order valence-electron chi connectivity index (χ2n) is 5.99. The number of hydrogen-bond acceptors (Lipinski definition) is 4. The SMILES string of the molecule is c1cc2c3c(cccc3c1)-c1nc3c(ccc4nccnc43)nc1-2. The number of rotatable bonds is 0. The number of aromatic nitrogens is 4. The topological polar surface area (TPSA) is 51.6 Å². The van der Waals surface area contributed by atoms with Crippen LogP contribution < -0.4 is 0 Å². The van der Waals surface area contributed by atoms with Crippen molar-refractivity contribution in [2.24, 2.45) is 0 Å². The van der Waals surface area contributed by atoms with Gasteiger partial charge in [-0.1, -0.05) is 36.4 Å². The number of fused-ring (bicyclic) bond motifs is 6. The van der Waals surface area contributed by atoms with Crippen molar-refractivity contribution in [1.82, 2.24) is 19.9 Å². The molecule has 0 bridgehead atoms. The van der Waals surface area contributed by atoms with Crippen molar-refractivity contribution in [2.45, 2.75) is 0 Å². The zero-order valence-electron chi connectivity index (χ0n) is 12.6. The second kappa shape index (κ2) is 4.11. The van der Waals surface area contributed by atoms with E-state index in [1.165, 1.54) is 10.8 Å². The van der Waals surface area contributed by atoms with Gasteiger partial charge in [-0.25, -0.2) is 9.97 Å². The van der Waals surface area contributed by atoms with Gasteiger partial charge in [0, 0.05) is 28.9 Å². The van der Waals surface area contributed by atoms with E-state index in [0.29, 0.717) is 0 Å². The summed E-state index contributed by atoms with van der Waals surface area (Å²) < 4.78 is 0. The fourth-order valence-corrected chi connectivity index (χ4v) is 3.66. The van der Waals surface area contributed by atoms with Crippen LogP contribution >= 0.6 is 0 Å². The molecule has 6 rings (SSSR count). The monoisotopic (exact) mass is 306 g/mol. The summed E-state index contributed by atoms with van der Waals surface area (Å²) in [5, 5.41) is 2.46. The minimum absolute atomic E-state index is 0.799. The van der Waals surface area contributed by atoms with Crippen LogP contribution in [-0.4, -0.2) is 19.9 Å². The van der Waals surface area contributed by atoms with Crippen molar-refractivity contribution in [3.63, 3.8) is 0 Å². The summed E-state index contributed by atoms with van der Waals surface area (Å²) in [6.07, 6.45) is 3.40. The molecule has 0 aliphatic heterocycles. The Balaban J connectivity index is 1.83.